The molecular weight excluding hydrogens is 262 g/mol. The van der Waals surface area contributed by atoms with Gasteiger partial charge in [-0.3, -0.25) is 4.79 Å². The van der Waals surface area contributed by atoms with Gasteiger partial charge < -0.3 is 16.0 Å². The first-order valence-electron chi connectivity index (χ1n) is 6.89. The van der Waals surface area contributed by atoms with Gasteiger partial charge in [0.1, 0.15) is 0 Å². The van der Waals surface area contributed by atoms with Crippen LogP contribution in [0.3, 0.4) is 0 Å². The van der Waals surface area contributed by atoms with Gasteiger partial charge in [0.25, 0.3) is 5.91 Å². The van der Waals surface area contributed by atoms with Crippen LogP contribution in [0.25, 0.3) is 0 Å². The summed E-state index contributed by atoms with van der Waals surface area (Å²) in [4.78, 5) is 13.8. The summed E-state index contributed by atoms with van der Waals surface area (Å²) in [6.07, 6.45) is 0. The van der Waals surface area contributed by atoms with Crippen molar-refractivity contribution < 1.29 is 4.79 Å². The zero-order chi connectivity index (χ0) is 15.4. The molecule has 2 aromatic rings. The summed E-state index contributed by atoms with van der Waals surface area (Å²) < 4.78 is 0. The summed E-state index contributed by atoms with van der Waals surface area (Å²) in [5, 5.41) is 2.63. The van der Waals surface area contributed by atoms with E-state index in [1.807, 2.05) is 19.2 Å². The monoisotopic (exact) mass is 283 g/mol. The number of hydrogen-bond donors (Lipinski definition) is 2. The Morgan fingerprint density at radius 3 is 2.67 bits per heavy atom. The first kappa shape index (κ1) is 14.9. The molecule has 1 amide bonds. The fourth-order valence-electron chi connectivity index (χ4n) is 2.33. The molecule has 0 atom stereocenters. The lowest BCUT2D eigenvalue weighted by atomic mass is 10.1. The molecule has 0 bridgehead atoms. The molecule has 2 rings (SSSR count). The minimum Gasteiger partial charge on any atom is -0.397 e. The minimum atomic E-state index is -0.111. The third-order valence-corrected chi connectivity index (χ3v) is 3.43. The second-order valence-electron chi connectivity index (χ2n) is 5.20. The van der Waals surface area contributed by atoms with E-state index in [9.17, 15) is 4.79 Å². The first-order valence-corrected chi connectivity index (χ1v) is 6.89. The average molecular weight is 283 g/mol. The number of nitrogen functional groups attached to an aromatic ring is 1. The highest BCUT2D eigenvalue weighted by Gasteiger charge is 2.10. The van der Waals surface area contributed by atoms with E-state index >= 15 is 0 Å². The highest BCUT2D eigenvalue weighted by atomic mass is 16.1. The van der Waals surface area contributed by atoms with Gasteiger partial charge in [-0.1, -0.05) is 29.8 Å². The van der Waals surface area contributed by atoms with Crippen LogP contribution in [0.4, 0.5) is 11.4 Å². The van der Waals surface area contributed by atoms with Gasteiger partial charge in [-0.05, 0) is 30.7 Å². The number of amides is 1. The van der Waals surface area contributed by atoms with E-state index in [1.165, 1.54) is 11.1 Å². The van der Waals surface area contributed by atoms with Crippen LogP contribution in [-0.4, -0.2) is 20.0 Å². The van der Waals surface area contributed by atoms with Crippen LogP contribution in [0.2, 0.25) is 0 Å². The molecule has 0 spiro atoms. The van der Waals surface area contributed by atoms with E-state index in [1.54, 1.807) is 19.2 Å². The topological polar surface area (TPSA) is 58.4 Å². The van der Waals surface area contributed by atoms with Gasteiger partial charge in [-0.25, -0.2) is 0 Å². The number of nitrogens with zero attached hydrogens (tertiary/aromatic N) is 1. The van der Waals surface area contributed by atoms with Crippen molar-refractivity contribution in [1.82, 2.24) is 5.32 Å². The smallest absolute Gasteiger partial charge is 0.251 e. The van der Waals surface area contributed by atoms with Gasteiger partial charge in [0.05, 0.1) is 11.4 Å². The highest BCUT2D eigenvalue weighted by molar-refractivity contribution is 5.96. The fourth-order valence-corrected chi connectivity index (χ4v) is 2.33. The van der Waals surface area contributed by atoms with Crippen molar-refractivity contribution in [3.8, 4) is 0 Å². The Kier molecular flexibility index (Phi) is 4.48. The van der Waals surface area contributed by atoms with Crippen molar-refractivity contribution in [2.75, 3.05) is 24.7 Å². The van der Waals surface area contributed by atoms with Crippen LogP contribution in [0.15, 0.2) is 42.5 Å². The zero-order valence-electron chi connectivity index (χ0n) is 12.7. The second kappa shape index (κ2) is 6.31. The van der Waals surface area contributed by atoms with Gasteiger partial charge in [0.2, 0.25) is 0 Å². The third kappa shape index (κ3) is 3.54. The van der Waals surface area contributed by atoms with Gasteiger partial charge >= 0.3 is 0 Å². The summed E-state index contributed by atoms with van der Waals surface area (Å²) in [6.45, 7) is 2.81. The Balaban J connectivity index is 2.26. The summed E-state index contributed by atoms with van der Waals surface area (Å²) in [7, 11) is 3.59. The van der Waals surface area contributed by atoms with Crippen molar-refractivity contribution in [2.45, 2.75) is 13.5 Å². The molecule has 4 heteroatoms. The molecule has 110 valence electrons. The molecule has 3 N–H and O–H groups in total. The van der Waals surface area contributed by atoms with E-state index in [0.717, 1.165) is 12.2 Å². The number of benzene rings is 2. The summed E-state index contributed by atoms with van der Waals surface area (Å²) in [6, 6.07) is 13.7. The van der Waals surface area contributed by atoms with Crippen LogP contribution in [0, 0.1) is 6.92 Å². The van der Waals surface area contributed by atoms with Gasteiger partial charge in [-0.15, -0.1) is 0 Å². The molecule has 0 saturated heterocycles. The van der Waals surface area contributed by atoms with Crippen molar-refractivity contribution >= 4 is 17.3 Å². The number of aryl methyl sites for hydroxylation is 1. The molecule has 0 unspecified atom stereocenters. The van der Waals surface area contributed by atoms with E-state index in [2.05, 4.69) is 35.3 Å². The molecule has 21 heavy (non-hydrogen) atoms. The molecule has 0 aromatic heterocycles. The maximum absolute atomic E-state index is 11.7. The summed E-state index contributed by atoms with van der Waals surface area (Å²) in [5.41, 5.74) is 10.6. The number of rotatable bonds is 4. The van der Waals surface area contributed by atoms with Crippen molar-refractivity contribution in [3.63, 3.8) is 0 Å². The molecule has 0 aliphatic carbocycles. The van der Waals surface area contributed by atoms with Crippen LogP contribution in [-0.2, 0) is 6.54 Å². The minimum absolute atomic E-state index is 0.111. The quantitative estimate of drug-likeness (QED) is 0.848. The zero-order valence-corrected chi connectivity index (χ0v) is 12.7. The second-order valence-corrected chi connectivity index (χ2v) is 5.20. The predicted octanol–water partition coefficient (Wildman–Crippen LogP) is 2.57. The molecule has 4 nitrogen and oxygen atoms in total. The molecule has 0 radical (unpaired) electrons. The van der Waals surface area contributed by atoms with Gasteiger partial charge in [-0.2, -0.15) is 0 Å². The standard InChI is InChI=1S/C17H21N3O/c1-12-5-4-6-13(9-12)11-20(3)16-10-14(17(21)19-2)7-8-15(16)18/h4-10H,11,18H2,1-3H3,(H,19,21). The normalized spacial score (nSPS) is 10.2. The predicted molar refractivity (Wildman–Crippen MR) is 87.5 cm³/mol. The molecule has 0 saturated carbocycles. The van der Waals surface area contributed by atoms with Crippen molar-refractivity contribution in [1.29, 1.82) is 0 Å². The Labute approximate surface area is 125 Å². The summed E-state index contributed by atoms with van der Waals surface area (Å²) in [5.74, 6) is -0.111. The molecule has 0 aliphatic rings. The van der Waals surface area contributed by atoms with Crippen LogP contribution in [0.1, 0.15) is 21.5 Å². The Morgan fingerprint density at radius 1 is 1.24 bits per heavy atom. The molecule has 0 aliphatic heterocycles. The number of carbonyl (C=O) groups excluding carboxylic acids is 1. The first-order chi connectivity index (χ1) is 10.0. The Hall–Kier alpha value is -2.49. The lowest BCUT2D eigenvalue weighted by Crippen LogP contribution is -2.21. The van der Waals surface area contributed by atoms with E-state index in [0.29, 0.717) is 11.3 Å². The fraction of sp³-hybridized carbons (Fsp3) is 0.235. The van der Waals surface area contributed by atoms with Crippen LogP contribution < -0.4 is 16.0 Å². The number of nitrogens with two attached hydrogens (primary N) is 1. The van der Waals surface area contributed by atoms with Gasteiger partial charge in [0.15, 0.2) is 0 Å². The number of carbonyl (C=O) groups is 1. The molecule has 0 heterocycles. The maximum Gasteiger partial charge on any atom is 0.251 e. The molecular formula is C17H21N3O. The Morgan fingerprint density at radius 2 is 2.00 bits per heavy atom. The number of hydrogen-bond acceptors (Lipinski definition) is 3. The third-order valence-electron chi connectivity index (χ3n) is 3.43. The van der Waals surface area contributed by atoms with Crippen LogP contribution in [0.5, 0.6) is 0 Å². The highest BCUT2D eigenvalue weighted by Crippen LogP contribution is 2.25. The molecule has 2 aromatic carbocycles. The number of anilines is 2. The summed E-state index contributed by atoms with van der Waals surface area (Å²) >= 11 is 0. The Bertz CT molecular complexity index is 652. The van der Waals surface area contributed by atoms with Crippen LogP contribution >= 0.6 is 0 Å². The van der Waals surface area contributed by atoms with Crippen molar-refractivity contribution in [2.24, 2.45) is 0 Å². The van der Waals surface area contributed by atoms with E-state index in [4.69, 9.17) is 5.73 Å². The maximum atomic E-state index is 11.7. The van der Waals surface area contributed by atoms with E-state index < -0.39 is 0 Å². The van der Waals surface area contributed by atoms with Crippen molar-refractivity contribution in [3.05, 3.63) is 59.2 Å². The SMILES string of the molecule is CNC(=O)c1ccc(N)c(N(C)Cc2cccc(C)c2)c1. The van der Waals surface area contributed by atoms with Gasteiger partial charge in [0, 0.05) is 26.2 Å². The molecule has 0 fully saturated rings. The largest absolute Gasteiger partial charge is 0.397 e. The lowest BCUT2D eigenvalue weighted by molar-refractivity contribution is 0.0963. The lowest BCUT2D eigenvalue weighted by Gasteiger charge is -2.22. The van der Waals surface area contributed by atoms with E-state index in [-0.39, 0.29) is 5.91 Å². The average Bonchev–Trinajstić information content (AvgIpc) is 2.46. The number of nitrogens with one attached hydrogen (secondary N) is 1.